The van der Waals surface area contributed by atoms with Gasteiger partial charge in [-0.15, -0.1) is 0 Å². The highest BCUT2D eigenvalue weighted by atomic mass is 32.2. The highest BCUT2D eigenvalue weighted by molar-refractivity contribution is 8.14. The topological polar surface area (TPSA) is 48.7 Å². The Morgan fingerprint density at radius 3 is 2.91 bits per heavy atom. The normalized spacial score (nSPS) is 26.2. The van der Waals surface area contributed by atoms with Gasteiger partial charge in [0.05, 0.1) is 11.7 Å². The summed E-state index contributed by atoms with van der Waals surface area (Å²) < 4.78 is 0. The van der Waals surface area contributed by atoms with Crippen molar-refractivity contribution in [3.05, 3.63) is 59.9 Å². The number of phenolic OH excluding ortho intramolecular Hbond substituents is 1. The summed E-state index contributed by atoms with van der Waals surface area (Å²) in [6, 6.07) is 14.1. The third-order valence-corrected chi connectivity index (χ3v) is 5.67. The zero-order valence-corrected chi connectivity index (χ0v) is 13.8. The first-order valence-electron chi connectivity index (χ1n) is 7.96. The third kappa shape index (κ3) is 2.49. The molecular formula is C18H19N3OS. The average molecular weight is 325 g/mol. The molecule has 2 aromatic rings. The first-order valence-corrected chi connectivity index (χ1v) is 8.95. The van der Waals surface area contributed by atoms with E-state index in [9.17, 15) is 5.11 Å². The lowest BCUT2D eigenvalue weighted by molar-refractivity contribution is 0.255. The molecule has 0 unspecified atom stereocenters. The van der Waals surface area contributed by atoms with Crippen LogP contribution in [0.2, 0.25) is 0 Å². The number of phenols is 1. The van der Waals surface area contributed by atoms with Crippen molar-refractivity contribution in [2.75, 3.05) is 5.75 Å². The number of hydrogen-bond donors (Lipinski definition) is 1. The summed E-state index contributed by atoms with van der Waals surface area (Å²) in [6.07, 6.45) is 2.92. The molecule has 3 atom stereocenters. The Bertz CT molecular complexity index is 734. The Balaban J connectivity index is 1.80. The molecule has 4 nitrogen and oxygen atoms in total. The Morgan fingerprint density at radius 2 is 2.17 bits per heavy atom. The number of benzene rings is 1. The minimum atomic E-state index is -0.0187. The number of thioether (sulfide) groups is 1. The fraction of sp³-hybridized carbons (Fsp3) is 0.333. The monoisotopic (exact) mass is 325 g/mol. The van der Waals surface area contributed by atoms with Crippen molar-refractivity contribution >= 4 is 16.9 Å². The first-order chi connectivity index (χ1) is 11.3. The zero-order valence-electron chi connectivity index (χ0n) is 13.0. The number of aromatic nitrogens is 1. The second-order valence-electron chi connectivity index (χ2n) is 5.93. The fourth-order valence-corrected chi connectivity index (χ4v) is 4.76. The molecule has 5 heteroatoms. The van der Waals surface area contributed by atoms with Gasteiger partial charge in [-0.3, -0.25) is 9.98 Å². The lowest BCUT2D eigenvalue weighted by atomic mass is 9.95. The van der Waals surface area contributed by atoms with Crippen LogP contribution in [0, 0.1) is 0 Å². The number of nitrogens with zero attached hydrogens (tertiary/aromatic N) is 3. The molecule has 2 aliphatic heterocycles. The van der Waals surface area contributed by atoms with Crippen molar-refractivity contribution in [2.24, 2.45) is 4.99 Å². The van der Waals surface area contributed by atoms with Gasteiger partial charge >= 0.3 is 0 Å². The number of aromatic hydroxyl groups is 1. The lowest BCUT2D eigenvalue weighted by Crippen LogP contribution is -2.35. The van der Waals surface area contributed by atoms with Crippen LogP contribution in [0.5, 0.6) is 5.75 Å². The van der Waals surface area contributed by atoms with Crippen LogP contribution in [0.3, 0.4) is 0 Å². The van der Waals surface area contributed by atoms with Crippen molar-refractivity contribution in [3.63, 3.8) is 0 Å². The first kappa shape index (κ1) is 14.6. The Hall–Kier alpha value is -2.01. The van der Waals surface area contributed by atoms with E-state index in [2.05, 4.69) is 22.9 Å². The Morgan fingerprint density at radius 1 is 1.26 bits per heavy atom. The molecular weight excluding hydrogens is 306 g/mol. The van der Waals surface area contributed by atoms with E-state index in [4.69, 9.17) is 4.99 Å². The van der Waals surface area contributed by atoms with Gasteiger partial charge < -0.3 is 10.0 Å². The van der Waals surface area contributed by atoms with Crippen LogP contribution in [-0.4, -0.2) is 32.0 Å². The highest BCUT2D eigenvalue weighted by Crippen LogP contribution is 2.48. The molecule has 118 valence electrons. The molecule has 1 aromatic heterocycles. The summed E-state index contributed by atoms with van der Waals surface area (Å²) in [4.78, 5) is 11.9. The van der Waals surface area contributed by atoms with E-state index < -0.39 is 0 Å². The predicted molar refractivity (Wildman–Crippen MR) is 93.6 cm³/mol. The van der Waals surface area contributed by atoms with Crippen LogP contribution in [0.25, 0.3) is 0 Å². The minimum absolute atomic E-state index is 0.0187. The van der Waals surface area contributed by atoms with E-state index in [0.29, 0.717) is 11.8 Å². The van der Waals surface area contributed by atoms with Crippen LogP contribution in [0.15, 0.2) is 53.7 Å². The Kier molecular flexibility index (Phi) is 3.73. The molecule has 1 saturated heterocycles. The van der Waals surface area contributed by atoms with Gasteiger partial charge in [-0.25, -0.2) is 0 Å². The number of amidine groups is 1. The van der Waals surface area contributed by atoms with E-state index in [-0.39, 0.29) is 12.1 Å². The second-order valence-corrected chi connectivity index (χ2v) is 6.92. The van der Waals surface area contributed by atoms with Crippen molar-refractivity contribution in [2.45, 2.75) is 31.5 Å². The van der Waals surface area contributed by atoms with E-state index in [1.807, 2.05) is 48.3 Å². The molecule has 0 radical (unpaired) electrons. The number of hydrogen-bond acceptors (Lipinski definition) is 5. The van der Waals surface area contributed by atoms with E-state index in [0.717, 1.165) is 28.6 Å². The molecule has 2 aliphatic rings. The second kappa shape index (κ2) is 5.89. The molecule has 1 N–H and O–H groups in total. The molecule has 0 saturated carbocycles. The quantitative estimate of drug-likeness (QED) is 0.933. The van der Waals surface area contributed by atoms with E-state index in [1.54, 1.807) is 6.07 Å². The van der Waals surface area contributed by atoms with Crippen molar-refractivity contribution in [1.29, 1.82) is 0 Å². The van der Waals surface area contributed by atoms with Crippen molar-refractivity contribution < 1.29 is 5.11 Å². The summed E-state index contributed by atoms with van der Waals surface area (Å²) in [5.41, 5.74) is 2.08. The molecule has 0 amide bonds. The smallest absolute Gasteiger partial charge is 0.160 e. The number of pyridine rings is 1. The molecule has 1 aromatic carbocycles. The van der Waals surface area contributed by atoms with Gasteiger partial charge in [0, 0.05) is 18.0 Å². The van der Waals surface area contributed by atoms with Crippen LogP contribution < -0.4 is 0 Å². The van der Waals surface area contributed by atoms with Gasteiger partial charge in [-0.2, -0.15) is 0 Å². The summed E-state index contributed by atoms with van der Waals surface area (Å²) >= 11 is 1.83. The predicted octanol–water partition coefficient (Wildman–Crippen LogP) is 3.77. The standard InChI is InChI=1S/C18H19N3OS/c1-2-13-11-23-18-20-16(15-8-3-4-9-19-15)17(21(13)18)12-6-5-7-14(22)10-12/h3-10,13,16-17,22H,2,11H2,1H3/t13-,16-,17-/m1/s1. The van der Waals surface area contributed by atoms with Gasteiger partial charge in [0.2, 0.25) is 0 Å². The summed E-state index contributed by atoms with van der Waals surface area (Å²) in [5, 5.41) is 11.0. The van der Waals surface area contributed by atoms with Crippen LogP contribution >= 0.6 is 11.8 Å². The van der Waals surface area contributed by atoms with E-state index >= 15 is 0 Å². The number of rotatable bonds is 3. The highest BCUT2D eigenvalue weighted by Gasteiger charge is 2.45. The molecule has 0 spiro atoms. The molecule has 23 heavy (non-hydrogen) atoms. The molecule has 4 rings (SSSR count). The fourth-order valence-electron chi connectivity index (χ4n) is 3.42. The van der Waals surface area contributed by atoms with E-state index in [1.165, 1.54) is 0 Å². The van der Waals surface area contributed by atoms with Crippen LogP contribution in [0.4, 0.5) is 0 Å². The Labute approximate surface area is 140 Å². The largest absolute Gasteiger partial charge is 0.508 e. The summed E-state index contributed by atoms with van der Waals surface area (Å²) in [6.45, 7) is 2.22. The van der Waals surface area contributed by atoms with Gasteiger partial charge in [-0.1, -0.05) is 36.9 Å². The maximum atomic E-state index is 9.92. The average Bonchev–Trinajstić information content (AvgIpc) is 3.14. The summed E-state index contributed by atoms with van der Waals surface area (Å²) in [7, 11) is 0. The summed E-state index contributed by atoms with van der Waals surface area (Å²) in [5.74, 6) is 1.38. The molecule has 3 heterocycles. The van der Waals surface area contributed by atoms with Gasteiger partial charge in [0.1, 0.15) is 11.8 Å². The van der Waals surface area contributed by atoms with Gasteiger partial charge in [0.15, 0.2) is 5.17 Å². The number of aliphatic imine (C=N–C) groups is 1. The van der Waals surface area contributed by atoms with Crippen LogP contribution in [0.1, 0.15) is 36.7 Å². The SMILES string of the molecule is CC[C@@H]1CSC2=N[C@H](c3ccccn3)[C@@H](c3cccc(O)c3)N21. The molecule has 0 bridgehead atoms. The van der Waals surface area contributed by atoms with Gasteiger partial charge in [0.25, 0.3) is 0 Å². The van der Waals surface area contributed by atoms with Crippen molar-refractivity contribution in [1.82, 2.24) is 9.88 Å². The molecule has 1 fully saturated rings. The van der Waals surface area contributed by atoms with Gasteiger partial charge in [-0.05, 0) is 36.2 Å². The third-order valence-electron chi connectivity index (χ3n) is 4.54. The molecule has 0 aliphatic carbocycles. The van der Waals surface area contributed by atoms with Crippen LogP contribution in [-0.2, 0) is 0 Å². The minimum Gasteiger partial charge on any atom is -0.508 e. The van der Waals surface area contributed by atoms with Crippen molar-refractivity contribution in [3.8, 4) is 5.75 Å². The lowest BCUT2D eigenvalue weighted by Gasteiger charge is -2.31. The zero-order chi connectivity index (χ0) is 15.8. The number of fused-ring (bicyclic) bond motifs is 1. The maximum Gasteiger partial charge on any atom is 0.160 e. The maximum absolute atomic E-state index is 9.92.